The molecule has 0 heterocycles. The highest BCUT2D eigenvalue weighted by molar-refractivity contribution is 6.03. The van der Waals surface area contributed by atoms with Gasteiger partial charge in [0.1, 0.15) is 6.04 Å². The van der Waals surface area contributed by atoms with Gasteiger partial charge in [-0.3, -0.25) is 4.79 Å². The summed E-state index contributed by atoms with van der Waals surface area (Å²) in [6.07, 6.45) is 0. The van der Waals surface area contributed by atoms with Crippen LogP contribution in [-0.2, 0) is 14.3 Å². The highest BCUT2D eigenvalue weighted by Crippen LogP contribution is 2.18. The first-order valence-electron chi connectivity index (χ1n) is 5.21. The molecule has 102 valence electrons. The van der Waals surface area contributed by atoms with E-state index in [1.165, 1.54) is 25.3 Å². The second kappa shape index (κ2) is 5.96. The maximum absolute atomic E-state index is 11.6. The molecule has 0 saturated carbocycles. The fraction of sp³-hybridized carbons (Fsp3) is 0.250. The van der Waals surface area contributed by atoms with Crippen molar-refractivity contribution >= 4 is 17.9 Å². The normalized spacial score (nSPS) is 11.5. The number of carboxylic acid groups (broad SMARTS) is 1. The molecule has 1 rings (SSSR count). The Morgan fingerprint density at radius 2 is 1.63 bits per heavy atom. The lowest BCUT2D eigenvalue weighted by molar-refractivity contribution is -0.138. The van der Waals surface area contributed by atoms with E-state index in [1.807, 2.05) is 0 Å². The lowest BCUT2D eigenvalue weighted by Gasteiger charge is -2.11. The van der Waals surface area contributed by atoms with Crippen molar-refractivity contribution in [2.75, 3.05) is 14.2 Å². The molecule has 1 aromatic rings. The van der Waals surface area contributed by atoms with Crippen molar-refractivity contribution in [3.63, 3.8) is 0 Å². The minimum absolute atomic E-state index is 0.0179. The quantitative estimate of drug-likeness (QED) is 0.756. The Hall–Kier alpha value is -2.41. The highest BCUT2D eigenvalue weighted by atomic mass is 16.5. The zero-order valence-corrected chi connectivity index (χ0v) is 10.4. The zero-order chi connectivity index (χ0) is 14.6. The Bertz CT molecular complexity index is 525. The third kappa shape index (κ3) is 3.08. The summed E-state index contributed by atoms with van der Waals surface area (Å²) in [7, 11) is 2.31. The minimum Gasteiger partial charge on any atom is -0.480 e. The predicted octanol–water partition coefficient (Wildman–Crippen LogP) is 0.344. The molecule has 0 bridgehead atoms. The number of aliphatic carboxylic acids is 1. The molecule has 0 amide bonds. The van der Waals surface area contributed by atoms with Gasteiger partial charge in [0.15, 0.2) is 0 Å². The molecule has 0 unspecified atom stereocenters. The molecule has 19 heavy (non-hydrogen) atoms. The van der Waals surface area contributed by atoms with Crippen molar-refractivity contribution in [2.45, 2.75) is 6.04 Å². The monoisotopic (exact) mass is 267 g/mol. The molecule has 7 nitrogen and oxygen atoms in total. The Morgan fingerprint density at radius 1 is 1.11 bits per heavy atom. The Morgan fingerprint density at radius 3 is 2.11 bits per heavy atom. The van der Waals surface area contributed by atoms with Gasteiger partial charge in [0.2, 0.25) is 0 Å². The van der Waals surface area contributed by atoms with Gasteiger partial charge in [-0.05, 0) is 17.7 Å². The van der Waals surface area contributed by atoms with E-state index >= 15 is 0 Å². The first-order chi connectivity index (χ1) is 8.92. The van der Waals surface area contributed by atoms with Gasteiger partial charge in [-0.2, -0.15) is 0 Å². The molecular formula is C12H13NO6. The molecule has 0 aliphatic rings. The second-order valence-electron chi connectivity index (χ2n) is 3.60. The molecule has 3 N–H and O–H groups in total. The van der Waals surface area contributed by atoms with Crippen molar-refractivity contribution < 1.29 is 29.0 Å². The van der Waals surface area contributed by atoms with Crippen LogP contribution in [0.2, 0.25) is 0 Å². The van der Waals surface area contributed by atoms with Crippen LogP contribution in [0.3, 0.4) is 0 Å². The largest absolute Gasteiger partial charge is 0.480 e. The lowest BCUT2D eigenvalue weighted by atomic mass is 10.00. The number of nitrogens with two attached hydrogens (primary N) is 1. The first-order valence-corrected chi connectivity index (χ1v) is 5.21. The Kier molecular flexibility index (Phi) is 4.60. The third-order valence-corrected chi connectivity index (χ3v) is 2.48. The van der Waals surface area contributed by atoms with Gasteiger partial charge in [0.05, 0.1) is 25.3 Å². The van der Waals surface area contributed by atoms with E-state index in [0.717, 1.165) is 7.11 Å². The van der Waals surface area contributed by atoms with E-state index in [0.29, 0.717) is 0 Å². The molecule has 0 fully saturated rings. The summed E-state index contributed by atoms with van der Waals surface area (Å²) in [6, 6.07) is 2.53. The molecule has 0 radical (unpaired) electrons. The number of rotatable bonds is 4. The van der Waals surface area contributed by atoms with Gasteiger partial charge >= 0.3 is 17.9 Å². The van der Waals surface area contributed by atoms with Crippen LogP contribution in [0.25, 0.3) is 0 Å². The summed E-state index contributed by atoms with van der Waals surface area (Å²) in [4.78, 5) is 33.9. The number of carbonyl (C=O) groups is 3. The average molecular weight is 267 g/mol. The molecule has 1 aromatic carbocycles. The van der Waals surface area contributed by atoms with Crippen LogP contribution in [-0.4, -0.2) is 37.2 Å². The highest BCUT2D eigenvalue weighted by Gasteiger charge is 2.22. The number of benzene rings is 1. The van der Waals surface area contributed by atoms with E-state index in [2.05, 4.69) is 9.47 Å². The third-order valence-electron chi connectivity index (χ3n) is 2.48. The summed E-state index contributed by atoms with van der Waals surface area (Å²) < 4.78 is 9.06. The summed E-state index contributed by atoms with van der Waals surface area (Å²) in [5.74, 6) is -2.75. The second-order valence-corrected chi connectivity index (χ2v) is 3.60. The van der Waals surface area contributed by atoms with Gasteiger partial charge in [-0.1, -0.05) is 6.07 Å². The van der Waals surface area contributed by atoms with E-state index < -0.39 is 23.9 Å². The van der Waals surface area contributed by atoms with E-state index in [-0.39, 0.29) is 16.7 Å². The predicted molar refractivity (Wildman–Crippen MR) is 63.7 cm³/mol. The minimum atomic E-state index is -1.30. The van der Waals surface area contributed by atoms with Crippen LogP contribution in [0.15, 0.2) is 18.2 Å². The number of carbonyl (C=O) groups excluding carboxylic acids is 2. The van der Waals surface area contributed by atoms with Crippen molar-refractivity contribution in [3.05, 3.63) is 34.9 Å². The Balaban J connectivity index is 3.34. The maximum Gasteiger partial charge on any atom is 0.338 e. The topological polar surface area (TPSA) is 116 Å². The van der Waals surface area contributed by atoms with Crippen molar-refractivity contribution in [1.29, 1.82) is 0 Å². The molecule has 0 aromatic heterocycles. The van der Waals surface area contributed by atoms with E-state index in [1.54, 1.807) is 0 Å². The van der Waals surface area contributed by atoms with Gasteiger partial charge in [0.25, 0.3) is 0 Å². The van der Waals surface area contributed by atoms with Crippen LogP contribution in [0.5, 0.6) is 0 Å². The standard InChI is InChI=1S/C12H13NO6/c1-18-11(16)7-4-3-6(9(13)10(14)15)5-8(7)12(17)19-2/h3-5,9H,13H2,1-2H3,(H,14,15)/t9-/m0/s1. The zero-order valence-electron chi connectivity index (χ0n) is 10.4. The van der Waals surface area contributed by atoms with Gasteiger partial charge in [-0.15, -0.1) is 0 Å². The molecular weight excluding hydrogens is 254 g/mol. The van der Waals surface area contributed by atoms with Gasteiger partial charge in [-0.25, -0.2) is 9.59 Å². The SMILES string of the molecule is COC(=O)c1ccc([C@H](N)C(=O)O)cc1C(=O)OC. The fourth-order valence-electron chi connectivity index (χ4n) is 1.46. The van der Waals surface area contributed by atoms with E-state index in [9.17, 15) is 14.4 Å². The molecule has 7 heteroatoms. The van der Waals surface area contributed by atoms with Crippen LogP contribution in [0, 0.1) is 0 Å². The molecule has 0 aliphatic carbocycles. The number of methoxy groups -OCH3 is 2. The lowest BCUT2D eigenvalue weighted by Crippen LogP contribution is -2.22. The number of hydrogen-bond acceptors (Lipinski definition) is 6. The fourth-order valence-corrected chi connectivity index (χ4v) is 1.46. The molecule has 0 saturated heterocycles. The van der Waals surface area contributed by atoms with Crippen LogP contribution < -0.4 is 5.73 Å². The summed E-state index contributed by atoms with van der Waals surface area (Å²) in [6.45, 7) is 0. The summed E-state index contributed by atoms with van der Waals surface area (Å²) in [5.41, 5.74) is 5.51. The number of carboxylic acids is 1. The molecule has 0 aliphatic heterocycles. The average Bonchev–Trinajstić information content (AvgIpc) is 2.43. The molecule has 0 spiro atoms. The maximum atomic E-state index is 11.6. The number of hydrogen-bond donors (Lipinski definition) is 2. The summed E-state index contributed by atoms with van der Waals surface area (Å²) in [5, 5.41) is 8.81. The number of esters is 2. The van der Waals surface area contributed by atoms with Gasteiger partial charge < -0.3 is 20.3 Å². The Labute approximate surface area is 108 Å². The molecule has 1 atom stereocenters. The summed E-state index contributed by atoms with van der Waals surface area (Å²) >= 11 is 0. The van der Waals surface area contributed by atoms with E-state index in [4.69, 9.17) is 10.8 Å². The smallest absolute Gasteiger partial charge is 0.338 e. The van der Waals surface area contributed by atoms with Crippen LogP contribution >= 0.6 is 0 Å². The van der Waals surface area contributed by atoms with Crippen LogP contribution in [0.1, 0.15) is 32.3 Å². The number of ether oxygens (including phenoxy) is 2. The van der Waals surface area contributed by atoms with Crippen LogP contribution in [0.4, 0.5) is 0 Å². The van der Waals surface area contributed by atoms with Crippen molar-refractivity contribution in [2.24, 2.45) is 5.73 Å². The first kappa shape index (κ1) is 14.7. The van der Waals surface area contributed by atoms with Crippen molar-refractivity contribution in [1.82, 2.24) is 0 Å². The van der Waals surface area contributed by atoms with Gasteiger partial charge in [0, 0.05) is 0 Å². The van der Waals surface area contributed by atoms with Crippen molar-refractivity contribution in [3.8, 4) is 0 Å².